The molecule has 8 nitrogen and oxygen atoms in total. The fourth-order valence-electron chi connectivity index (χ4n) is 2.73. The Morgan fingerprint density at radius 1 is 1.07 bits per heavy atom. The molecule has 1 unspecified atom stereocenters. The molecule has 1 fully saturated rings. The zero-order valence-electron chi connectivity index (χ0n) is 14.6. The first kappa shape index (κ1) is 18.6. The predicted octanol–water partition coefficient (Wildman–Crippen LogP) is 1.40. The zero-order chi connectivity index (χ0) is 19.8. The minimum Gasteiger partial charge on any atom is -0.322 e. The average Bonchev–Trinajstić information content (AvgIpc) is 2.87. The third kappa shape index (κ3) is 3.68. The second-order valence-corrected chi connectivity index (χ2v) is 8.38. The Morgan fingerprint density at radius 2 is 1.78 bits per heavy atom. The lowest BCUT2D eigenvalue weighted by atomic mass is 9.92. The van der Waals surface area contributed by atoms with Crippen molar-refractivity contribution in [2.75, 3.05) is 11.6 Å². The van der Waals surface area contributed by atoms with Crippen molar-refractivity contribution in [3.05, 3.63) is 59.7 Å². The van der Waals surface area contributed by atoms with E-state index >= 15 is 0 Å². The first-order valence-corrected chi connectivity index (χ1v) is 9.84. The Morgan fingerprint density at radius 3 is 2.41 bits per heavy atom. The summed E-state index contributed by atoms with van der Waals surface area (Å²) in [5, 5.41) is 7.40. The lowest BCUT2D eigenvalue weighted by molar-refractivity contribution is -0.123. The molecule has 4 amide bonds. The monoisotopic (exact) mass is 387 g/mol. The van der Waals surface area contributed by atoms with Crippen molar-refractivity contribution in [3.8, 4) is 0 Å². The van der Waals surface area contributed by atoms with Gasteiger partial charge in [-0.3, -0.25) is 14.9 Å². The molecule has 0 saturated carbocycles. The van der Waals surface area contributed by atoms with E-state index in [0.717, 1.165) is 6.26 Å². The Hall–Kier alpha value is -3.20. The molecular weight excluding hydrogens is 370 g/mol. The Kier molecular flexibility index (Phi) is 4.48. The van der Waals surface area contributed by atoms with Crippen molar-refractivity contribution in [1.29, 1.82) is 0 Å². The van der Waals surface area contributed by atoms with Crippen LogP contribution in [0.2, 0.25) is 0 Å². The molecule has 1 aliphatic rings. The smallest absolute Gasteiger partial charge is 0.322 e. The molecule has 27 heavy (non-hydrogen) atoms. The van der Waals surface area contributed by atoms with Crippen LogP contribution in [-0.2, 0) is 20.2 Å². The normalized spacial score (nSPS) is 19.3. The van der Waals surface area contributed by atoms with Crippen molar-refractivity contribution >= 4 is 33.4 Å². The van der Waals surface area contributed by atoms with Crippen LogP contribution < -0.4 is 16.0 Å². The highest BCUT2D eigenvalue weighted by Gasteiger charge is 2.43. The molecule has 0 spiro atoms. The maximum absolute atomic E-state index is 12.5. The quantitative estimate of drug-likeness (QED) is 0.685. The van der Waals surface area contributed by atoms with Crippen molar-refractivity contribution in [2.45, 2.75) is 17.4 Å². The third-order valence-corrected chi connectivity index (χ3v) is 5.38. The van der Waals surface area contributed by atoms with Gasteiger partial charge in [-0.05, 0) is 42.8 Å². The summed E-state index contributed by atoms with van der Waals surface area (Å²) >= 11 is 0. The van der Waals surface area contributed by atoms with Crippen LogP contribution in [0.1, 0.15) is 22.8 Å². The molecule has 140 valence electrons. The lowest BCUT2D eigenvalue weighted by Gasteiger charge is -2.21. The molecule has 3 N–H and O–H groups in total. The second-order valence-electron chi connectivity index (χ2n) is 6.37. The van der Waals surface area contributed by atoms with E-state index in [2.05, 4.69) is 16.0 Å². The van der Waals surface area contributed by atoms with Gasteiger partial charge in [0.25, 0.3) is 11.8 Å². The summed E-state index contributed by atoms with van der Waals surface area (Å²) in [6.07, 6.45) is 1.06. The van der Waals surface area contributed by atoms with E-state index in [9.17, 15) is 22.8 Å². The van der Waals surface area contributed by atoms with Crippen LogP contribution in [0.5, 0.6) is 0 Å². The molecule has 3 rings (SSSR count). The number of urea groups is 1. The number of benzene rings is 2. The molecule has 1 atom stereocenters. The molecule has 0 aromatic heterocycles. The van der Waals surface area contributed by atoms with Crippen molar-refractivity contribution in [1.82, 2.24) is 10.6 Å². The molecule has 1 heterocycles. The number of carbonyl (C=O) groups is 3. The molecule has 0 bridgehead atoms. The van der Waals surface area contributed by atoms with Crippen LogP contribution in [0.4, 0.5) is 10.5 Å². The van der Waals surface area contributed by atoms with E-state index in [1.807, 2.05) is 0 Å². The van der Waals surface area contributed by atoms with E-state index in [0.29, 0.717) is 11.3 Å². The summed E-state index contributed by atoms with van der Waals surface area (Å²) in [6.45, 7) is 1.56. The van der Waals surface area contributed by atoms with Gasteiger partial charge in [-0.25, -0.2) is 13.2 Å². The van der Waals surface area contributed by atoms with E-state index in [1.54, 1.807) is 31.2 Å². The summed E-state index contributed by atoms with van der Waals surface area (Å²) in [5.41, 5.74) is -0.166. The molecule has 2 aromatic carbocycles. The van der Waals surface area contributed by atoms with Gasteiger partial charge in [0, 0.05) is 17.5 Å². The topological polar surface area (TPSA) is 121 Å². The SMILES string of the molecule is CC1(c2cccc(NC(=O)c3cccc(S(C)(=O)=O)c3)c2)NC(=O)NC1=O. The molecule has 0 radical (unpaired) electrons. The first-order chi connectivity index (χ1) is 12.6. The number of hydrogen-bond donors (Lipinski definition) is 3. The van der Waals surface area contributed by atoms with Gasteiger partial charge in [0.1, 0.15) is 5.54 Å². The fourth-order valence-corrected chi connectivity index (χ4v) is 3.39. The largest absolute Gasteiger partial charge is 0.322 e. The number of anilines is 1. The fraction of sp³-hybridized carbons (Fsp3) is 0.167. The Labute approximate surface area is 155 Å². The van der Waals surface area contributed by atoms with Crippen molar-refractivity contribution in [3.63, 3.8) is 0 Å². The molecule has 1 aliphatic heterocycles. The maximum Gasteiger partial charge on any atom is 0.322 e. The lowest BCUT2D eigenvalue weighted by Crippen LogP contribution is -2.40. The number of sulfone groups is 1. The zero-order valence-corrected chi connectivity index (χ0v) is 15.4. The van der Waals surface area contributed by atoms with Crippen molar-refractivity contribution in [2.24, 2.45) is 0 Å². The number of carbonyl (C=O) groups excluding carboxylic acids is 3. The summed E-state index contributed by atoms with van der Waals surface area (Å²) in [7, 11) is -3.43. The van der Waals surface area contributed by atoms with Gasteiger partial charge < -0.3 is 10.6 Å². The highest BCUT2D eigenvalue weighted by Crippen LogP contribution is 2.26. The average molecular weight is 387 g/mol. The van der Waals surface area contributed by atoms with Gasteiger partial charge in [-0.15, -0.1) is 0 Å². The number of imide groups is 1. The summed E-state index contributed by atoms with van der Waals surface area (Å²) in [4.78, 5) is 36.0. The van der Waals surface area contributed by atoms with Crippen LogP contribution in [-0.4, -0.2) is 32.5 Å². The molecular formula is C18H17N3O5S. The van der Waals surface area contributed by atoms with Crippen molar-refractivity contribution < 1.29 is 22.8 Å². The Bertz CT molecular complexity index is 1060. The highest BCUT2D eigenvalue weighted by molar-refractivity contribution is 7.90. The van der Waals surface area contributed by atoms with Crippen LogP contribution in [0.25, 0.3) is 0 Å². The van der Waals surface area contributed by atoms with Crippen LogP contribution in [0.3, 0.4) is 0 Å². The summed E-state index contributed by atoms with van der Waals surface area (Å²) in [6, 6.07) is 11.6. The van der Waals surface area contributed by atoms with E-state index in [4.69, 9.17) is 0 Å². The highest BCUT2D eigenvalue weighted by atomic mass is 32.2. The standard InChI is InChI=1S/C18H17N3O5S/c1-18(16(23)20-17(24)21-18)12-6-4-7-13(10-12)19-15(22)11-5-3-8-14(9-11)27(2,25)26/h3-10H,1-2H3,(H,19,22)(H2,20,21,23,24). The van der Waals surface area contributed by atoms with Crippen LogP contribution in [0, 0.1) is 0 Å². The maximum atomic E-state index is 12.5. The van der Waals surface area contributed by atoms with Crippen LogP contribution in [0.15, 0.2) is 53.4 Å². The van der Waals surface area contributed by atoms with E-state index in [-0.39, 0.29) is 10.5 Å². The van der Waals surface area contributed by atoms with Gasteiger partial charge in [0.2, 0.25) is 0 Å². The van der Waals surface area contributed by atoms with E-state index in [1.165, 1.54) is 24.3 Å². The third-order valence-electron chi connectivity index (χ3n) is 4.27. The summed E-state index contributed by atoms with van der Waals surface area (Å²) < 4.78 is 23.3. The molecule has 2 aromatic rings. The minimum atomic E-state index is -3.43. The van der Waals surface area contributed by atoms with Crippen LogP contribution >= 0.6 is 0 Å². The van der Waals surface area contributed by atoms with Gasteiger partial charge in [-0.1, -0.05) is 18.2 Å². The minimum absolute atomic E-state index is 0.0433. The second kappa shape index (κ2) is 6.51. The molecule has 0 aliphatic carbocycles. The number of hydrogen-bond acceptors (Lipinski definition) is 5. The van der Waals surface area contributed by atoms with Gasteiger partial charge in [0.05, 0.1) is 4.90 Å². The molecule has 9 heteroatoms. The predicted molar refractivity (Wildman–Crippen MR) is 98.0 cm³/mol. The number of amides is 4. The van der Waals surface area contributed by atoms with Gasteiger partial charge >= 0.3 is 6.03 Å². The summed E-state index contributed by atoms with van der Waals surface area (Å²) in [5.74, 6) is -0.987. The van der Waals surface area contributed by atoms with E-state index < -0.39 is 33.2 Å². The molecule has 1 saturated heterocycles. The van der Waals surface area contributed by atoms with Gasteiger partial charge in [-0.2, -0.15) is 0 Å². The Balaban J connectivity index is 1.86. The van der Waals surface area contributed by atoms with Gasteiger partial charge in [0.15, 0.2) is 9.84 Å². The first-order valence-electron chi connectivity index (χ1n) is 7.95. The number of nitrogens with one attached hydrogen (secondary N) is 3. The number of rotatable bonds is 4.